The van der Waals surface area contributed by atoms with E-state index >= 15 is 0 Å². The summed E-state index contributed by atoms with van der Waals surface area (Å²) >= 11 is 0. The Hall–Kier alpha value is -2.97. The maximum absolute atomic E-state index is 13.5. The highest BCUT2D eigenvalue weighted by atomic mass is 19.1. The molecule has 26 heavy (non-hydrogen) atoms. The zero-order chi connectivity index (χ0) is 18.5. The number of para-hydroxylation sites is 1. The number of ether oxygens (including phenoxy) is 1. The second-order valence-electron chi connectivity index (χ2n) is 5.99. The van der Waals surface area contributed by atoms with Crippen molar-refractivity contribution in [2.24, 2.45) is 5.10 Å². The average molecular weight is 362 g/mol. The minimum atomic E-state index is -0.518. The van der Waals surface area contributed by atoms with Gasteiger partial charge in [-0.1, -0.05) is 12.1 Å². The van der Waals surface area contributed by atoms with E-state index in [1.807, 2.05) is 0 Å². The van der Waals surface area contributed by atoms with E-state index in [2.05, 4.69) is 10.5 Å². The molecule has 1 aromatic carbocycles. The van der Waals surface area contributed by atoms with Crippen molar-refractivity contribution >= 4 is 23.4 Å². The summed E-state index contributed by atoms with van der Waals surface area (Å²) in [6.07, 6.45) is 0.566. The van der Waals surface area contributed by atoms with Gasteiger partial charge in [0.05, 0.1) is 0 Å². The third-order valence-corrected chi connectivity index (χ3v) is 4.26. The van der Waals surface area contributed by atoms with Gasteiger partial charge in [-0.2, -0.15) is 5.10 Å². The van der Waals surface area contributed by atoms with Crippen LogP contribution in [0.2, 0.25) is 0 Å². The highest BCUT2D eigenvalue weighted by Gasteiger charge is 2.28. The number of nitrogens with zero attached hydrogens (tertiary/aromatic N) is 3. The summed E-state index contributed by atoms with van der Waals surface area (Å²) in [6, 6.07) is 5.90. The Kier molecular flexibility index (Phi) is 5.45. The first kappa shape index (κ1) is 17.8. The summed E-state index contributed by atoms with van der Waals surface area (Å²) in [5.41, 5.74) is 2.63. The van der Waals surface area contributed by atoms with Crippen LogP contribution in [0.15, 0.2) is 29.4 Å². The number of hydrogen-bond donors (Lipinski definition) is 1. The van der Waals surface area contributed by atoms with E-state index in [1.165, 1.54) is 12.1 Å². The molecule has 2 heterocycles. The van der Waals surface area contributed by atoms with Crippen molar-refractivity contribution in [3.05, 3.63) is 30.1 Å². The van der Waals surface area contributed by atoms with E-state index in [0.29, 0.717) is 38.3 Å². The van der Waals surface area contributed by atoms with Gasteiger partial charge in [-0.25, -0.2) is 9.82 Å². The van der Waals surface area contributed by atoms with Crippen LogP contribution in [0, 0.1) is 5.82 Å². The molecule has 0 bridgehead atoms. The average Bonchev–Trinajstić information content (AvgIpc) is 2.67. The quantitative estimate of drug-likeness (QED) is 0.825. The van der Waals surface area contributed by atoms with Gasteiger partial charge in [0.15, 0.2) is 18.2 Å². The first-order valence-electron chi connectivity index (χ1n) is 8.34. The number of hydrazone groups is 1. The van der Waals surface area contributed by atoms with Gasteiger partial charge in [0, 0.05) is 39.0 Å². The van der Waals surface area contributed by atoms with E-state index in [4.69, 9.17) is 4.74 Å². The molecule has 0 saturated carbocycles. The Labute approximate surface area is 149 Å². The van der Waals surface area contributed by atoms with Crippen LogP contribution >= 0.6 is 0 Å². The van der Waals surface area contributed by atoms with Crippen molar-refractivity contribution in [3.63, 3.8) is 0 Å². The lowest BCUT2D eigenvalue weighted by molar-refractivity contribution is -0.138. The summed E-state index contributed by atoms with van der Waals surface area (Å²) in [5, 5.41) is 3.80. The van der Waals surface area contributed by atoms with Crippen molar-refractivity contribution in [2.45, 2.75) is 12.8 Å². The smallest absolute Gasteiger partial charge is 0.270 e. The number of carbonyl (C=O) groups is 3. The Balaban J connectivity index is 1.47. The normalized spacial score (nSPS) is 17.4. The fourth-order valence-corrected chi connectivity index (χ4v) is 2.76. The number of rotatable bonds is 4. The summed E-state index contributed by atoms with van der Waals surface area (Å²) in [6.45, 7) is 1.22. The molecule has 3 rings (SSSR count). The first-order valence-corrected chi connectivity index (χ1v) is 8.34. The molecule has 2 aliphatic heterocycles. The van der Waals surface area contributed by atoms with Gasteiger partial charge in [-0.3, -0.25) is 14.4 Å². The van der Waals surface area contributed by atoms with Crippen LogP contribution < -0.4 is 10.2 Å². The maximum atomic E-state index is 13.5. The van der Waals surface area contributed by atoms with Crippen molar-refractivity contribution in [2.75, 3.05) is 32.8 Å². The lowest BCUT2D eigenvalue weighted by atomic mass is 10.1. The topological polar surface area (TPSA) is 91.3 Å². The molecule has 9 heteroatoms. The molecule has 0 unspecified atom stereocenters. The van der Waals surface area contributed by atoms with Crippen molar-refractivity contribution in [3.8, 4) is 5.75 Å². The summed E-state index contributed by atoms with van der Waals surface area (Å²) in [4.78, 5) is 38.8. The Morgan fingerprint density at radius 1 is 1.12 bits per heavy atom. The summed E-state index contributed by atoms with van der Waals surface area (Å²) in [7, 11) is 0. The van der Waals surface area contributed by atoms with E-state index in [9.17, 15) is 18.8 Å². The fraction of sp³-hybridized carbons (Fsp3) is 0.412. The summed E-state index contributed by atoms with van der Waals surface area (Å²) in [5.74, 6) is -1.17. The van der Waals surface area contributed by atoms with Gasteiger partial charge in [0.25, 0.3) is 11.8 Å². The van der Waals surface area contributed by atoms with E-state index in [-0.39, 0.29) is 36.5 Å². The standard InChI is InChI=1S/C17H19FN4O4/c18-12-3-1-2-4-14(12)26-11-16(24)21-7-9-22(10-8-21)17(25)13-5-6-15(23)20-19-13/h1-4H,5-11H2,(H,20,23). The molecule has 0 aliphatic carbocycles. The minimum Gasteiger partial charge on any atom is -0.481 e. The van der Waals surface area contributed by atoms with Crippen LogP contribution in [0.25, 0.3) is 0 Å². The third-order valence-electron chi connectivity index (χ3n) is 4.26. The van der Waals surface area contributed by atoms with Crippen LogP contribution in [0.1, 0.15) is 12.8 Å². The zero-order valence-corrected chi connectivity index (χ0v) is 14.1. The molecule has 1 aromatic rings. The second-order valence-corrected chi connectivity index (χ2v) is 5.99. The van der Waals surface area contributed by atoms with Crippen molar-refractivity contribution in [1.29, 1.82) is 0 Å². The van der Waals surface area contributed by atoms with Crippen LogP contribution in [0.3, 0.4) is 0 Å². The first-order chi connectivity index (χ1) is 12.5. The molecule has 1 fully saturated rings. The molecule has 1 N–H and O–H groups in total. The molecular formula is C17H19FN4O4. The molecule has 2 aliphatic rings. The molecule has 0 radical (unpaired) electrons. The van der Waals surface area contributed by atoms with Crippen molar-refractivity contribution < 1.29 is 23.5 Å². The van der Waals surface area contributed by atoms with Gasteiger partial charge in [-0.05, 0) is 12.1 Å². The predicted octanol–water partition coefficient (Wildman–Crippen LogP) is 0.141. The summed E-state index contributed by atoms with van der Waals surface area (Å²) < 4.78 is 18.7. The molecule has 1 saturated heterocycles. The van der Waals surface area contributed by atoms with Crippen LogP contribution in [0.5, 0.6) is 5.75 Å². The molecule has 0 spiro atoms. The second kappa shape index (κ2) is 7.94. The molecule has 0 atom stereocenters. The SMILES string of the molecule is O=C1CCC(C(=O)N2CCN(C(=O)COc3ccccc3F)CC2)=NN1. The van der Waals surface area contributed by atoms with Crippen LogP contribution in [0.4, 0.5) is 4.39 Å². The number of piperazine rings is 1. The van der Waals surface area contributed by atoms with Crippen LogP contribution in [-0.2, 0) is 14.4 Å². The Bertz CT molecular complexity index is 744. The van der Waals surface area contributed by atoms with Crippen LogP contribution in [-0.4, -0.2) is 66.0 Å². The van der Waals surface area contributed by atoms with Gasteiger partial charge in [0.1, 0.15) is 5.71 Å². The highest BCUT2D eigenvalue weighted by molar-refractivity contribution is 6.39. The molecule has 0 aromatic heterocycles. The predicted molar refractivity (Wildman–Crippen MR) is 89.9 cm³/mol. The van der Waals surface area contributed by atoms with E-state index in [0.717, 1.165) is 0 Å². The third kappa shape index (κ3) is 4.16. The number of amides is 3. The van der Waals surface area contributed by atoms with E-state index in [1.54, 1.807) is 21.9 Å². The number of nitrogens with one attached hydrogen (secondary N) is 1. The number of halogens is 1. The van der Waals surface area contributed by atoms with E-state index < -0.39 is 5.82 Å². The maximum Gasteiger partial charge on any atom is 0.270 e. The molecular weight excluding hydrogens is 343 g/mol. The lowest BCUT2D eigenvalue weighted by Gasteiger charge is -2.35. The fourth-order valence-electron chi connectivity index (χ4n) is 2.76. The van der Waals surface area contributed by atoms with Gasteiger partial charge >= 0.3 is 0 Å². The number of hydrogen-bond acceptors (Lipinski definition) is 5. The van der Waals surface area contributed by atoms with Crippen molar-refractivity contribution in [1.82, 2.24) is 15.2 Å². The molecule has 8 nitrogen and oxygen atoms in total. The monoisotopic (exact) mass is 362 g/mol. The molecule has 138 valence electrons. The number of carbonyl (C=O) groups excluding carboxylic acids is 3. The van der Waals surface area contributed by atoms with Gasteiger partial charge in [0.2, 0.25) is 5.91 Å². The highest BCUT2D eigenvalue weighted by Crippen LogP contribution is 2.15. The minimum absolute atomic E-state index is 0.0343. The van der Waals surface area contributed by atoms with Gasteiger partial charge in [-0.15, -0.1) is 0 Å². The van der Waals surface area contributed by atoms with Gasteiger partial charge < -0.3 is 14.5 Å². The lowest BCUT2D eigenvalue weighted by Crippen LogP contribution is -2.53. The Morgan fingerprint density at radius 3 is 2.46 bits per heavy atom. The Morgan fingerprint density at radius 2 is 1.81 bits per heavy atom. The zero-order valence-electron chi connectivity index (χ0n) is 14.1. The largest absolute Gasteiger partial charge is 0.481 e. The number of benzene rings is 1. The molecule has 3 amide bonds.